The molecule has 7 heteroatoms. The van der Waals surface area contributed by atoms with Gasteiger partial charge in [0.15, 0.2) is 0 Å². The molecule has 2 heterocycles. The van der Waals surface area contributed by atoms with Crippen molar-refractivity contribution < 1.29 is 4.79 Å². The van der Waals surface area contributed by atoms with E-state index in [9.17, 15) is 9.59 Å². The highest BCUT2D eigenvalue weighted by molar-refractivity contribution is 7.99. The smallest absolute Gasteiger partial charge is 0.304 e. The van der Waals surface area contributed by atoms with E-state index in [0.717, 1.165) is 28.7 Å². The van der Waals surface area contributed by atoms with Crippen LogP contribution in [0.25, 0.3) is 0 Å². The fourth-order valence-corrected chi connectivity index (χ4v) is 2.79. The number of hydrogen-bond donors (Lipinski definition) is 3. The van der Waals surface area contributed by atoms with E-state index in [1.165, 1.54) is 0 Å². The van der Waals surface area contributed by atoms with Crippen LogP contribution in [0, 0.1) is 0 Å². The van der Waals surface area contributed by atoms with Crippen molar-refractivity contribution in [2.75, 3.05) is 11.6 Å². The second-order valence-electron chi connectivity index (χ2n) is 3.16. The highest BCUT2D eigenvalue weighted by Crippen LogP contribution is 2.09. The summed E-state index contributed by atoms with van der Waals surface area (Å²) in [7, 11) is 0. The van der Waals surface area contributed by atoms with Crippen LogP contribution < -0.4 is 15.5 Å². The average molecular weight is 245 g/mol. The predicted molar refractivity (Wildman–Crippen MR) is 61.0 cm³/mol. The van der Waals surface area contributed by atoms with E-state index in [1.54, 1.807) is 17.1 Å². The lowest BCUT2D eigenvalue weighted by Crippen LogP contribution is -2.41. The van der Waals surface area contributed by atoms with Crippen molar-refractivity contribution >= 4 is 29.0 Å². The number of carbonyl (C=O) groups is 1. The molecule has 0 spiro atoms. The van der Waals surface area contributed by atoms with Gasteiger partial charge in [-0.05, 0) is 0 Å². The summed E-state index contributed by atoms with van der Waals surface area (Å²) in [4.78, 5) is 24.9. The highest BCUT2D eigenvalue weighted by atomic mass is 32.2. The Morgan fingerprint density at radius 3 is 3.13 bits per heavy atom. The molecule has 15 heavy (non-hydrogen) atoms. The number of rotatable bonds is 3. The molecule has 0 saturated carbocycles. The number of hydrogen-bond acceptors (Lipinski definition) is 5. The van der Waals surface area contributed by atoms with E-state index in [4.69, 9.17) is 0 Å². The van der Waals surface area contributed by atoms with Gasteiger partial charge in [-0.3, -0.25) is 14.9 Å². The standard InChI is InChI=1S/C8H11N3O2S2/c12-7(6-3-14-4-10-6)9-1-5-2-15-8(13)11-5/h2,6,10H,1,3-4H2,(H,9,12)(H,11,13). The van der Waals surface area contributed by atoms with Gasteiger partial charge in [0.25, 0.3) is 0 Å². The maximum Gasteiger partial charge on any atom is 0.304 e. The van der Waals surface area contributed by atoms with Crippen LogP contribution in [0.4, 0.5) is 0 Å². The summed E-state index contributed by atoms with van der Waals surface area (Å²) in [5.74, 6) is 1.63. The quantitative estimate of drug-likeness (QED) is 0.684. The Labute approximate surface area is 94.7 Å². The summed E-state index contributed by atoms with van der Waals surface area (Å²) in [6, 6.07) is -0.0969. The summed E-state index contributed by atoms with van der Waals surface area (Å²) in [6.45, 7) is 0.389. The molecule has 0 radical (unpaired) electrons. The minimum atomic E-state index is -0.0969. The second-order valence-corrected chi connectivity index (χ2v) is 5.04. The van der Waals surface area contributed by atoms with Crippen molar-refractivity contribution in [1.29, 1.82) is 0 Å². The molecule has 1 unspecified atom stereocenters. The second kappa shape index (κ2) is 4.82. The van der Waals surface area contributed by atoms with E-state index >= 15 is 0 Å². The molecule has 0 aromatic carbocycles. The van der Waals surface area contributed by atoms with Crippen LogP contribution in [-0.2, 0) is 11.3 Å². The number of amides is 1. The van der Waals surface area contributed by atoms with Gasteiger partial charge in [0.2, 0.25) is 5.91 Å². The summed E-state index contributed by atoms with van der Waals surface area (Å²) in [5, 5.41) is 7.58. The number of thiazole rings is 1. The van der Waals surface area contributed by atoms with Crippen LogP contribution in [0.3, 0.4) is 0 Å². The Bertz CT molecular complexity index is 395. The first-order valence-corrected chi connectivity index (χ1v) is 6.54. The van der Waals surface area contributed by atoms with Crippen LogP contribution in [-0.4, -0.2) is 28.6 Å². The lowest BCUT2D eigenvalue weighted by Gasteiger charge is -2.09. The fraction of sp³-hybridized carbons (Fsp3) is 0.500. The van der Waals surface area contributed by atoms with Gasteiger partial charge in [0.1, 0.15) is 0 Å². The maximum atomic E-state index is 11.5. The number of thioether (sulfide) groups is 1. The van der Waals surface area contributed by atoms with Crippen LogP contribution in [0.15, 0.2) is 10.2 Å². The fourth-order valence-electron chi connectivity index (χ4n) is 1.27. The first-order chi connectivity index (χ1) is 7.25. The highest BCUT2D eigenvalue weighted by Gasteiger charge is 2.21. The molecular weight excluding hydrogens is 234 g/mol. The number of nitrogens with one attached hydrogen (secondary N) is 3. The first-order valence-electron chi connectivity index (χ1n) is 4.51. The lowest BCUT2D eigenvalue weighted by molar-refractivity contribution is -0.122. The molecule has 0 bridgehead atoms. The van der Waals surface area contributed by atoms with Crippen molar-refractivity contribution in [1.82, 2.24) is 15.6 Å². The van der Waals surface area contributed by atoms with Crippen molar-refractivity contribution in [2.24, 2.45) is 0 Å². The third-order valence-electron chi connectivity index (χ3n) is 2.06. The Morgan fingerprint density at radius 2 is 2.53 bits per heavy atom. The van der Waals surface area contributed by atoms with Crippen molar-refractivity contribution in [3.8, 4) is 0 Å². The van der Waals surface area contributed by atoms with Crippen molar-refractivity contribution in [2.45, 2.75) is 12.6 Å². The molecule has 1 atom stereocenters. The van der Waals surface area contributed by atoms with E-state index in [1.807, 2.05) is 0 Å². The number of aromatic amines is 1. The monoisotopic (exact) mass is 245 g/mol. The van der Waals surface area contributed by atoms with Crippen LogP contribution in [0.1, 0.15) is 5.69 Å². The zero-order chi connectivity index (χ0) is 10.7. The molecule has 3 N–H and O–H groups in total. The van der Waals surface area contributed by atoms with E-state index in [2.05, 4.69) is 15.6 Å². The molecule has 1 aliphatic rings. The Balaban J connectivity index is 1.82. The van der Waals surface area contributed by atoms with Gasteiger partial charge in [-0.2, -0.15) is 0 Å². The SMILES string of the molecule is O=C(NCc1csc(=O)[nH]1)C1CSCN1. The molecule has 1 aliphatic heterocycles. The number of H-pyrrole nitrogens is 1. The van der Waals surface area contributed by atoms with Crippen LogP contribution >= 0.6 is 23.1 Å². The molecule has 5 nitrogen and oxygen atoms in total. The maximum absolute atomic E-state index is 11.5. The first kappa shape index (κ1) is 10.7. The van der Waals surface area contributed by atoms with Gasteiger partial charge >= 0.3 is 4.87 Å². The lowest BCUT2D eigenvalue weighted by atomic mass is 10.3. The minimum absolute atomic E-state index is 0.00736. The van der Waals surface area contributed by atoms with Crippen molar-refractivity contribution in [3.63, 3.8) is 0 Å². The molecule has 0 aliphatic carbocycles. The van der Waals surface area contributed by atoms with E-state index in [-0.39, 0.29) is 16.8 Å². The molecule has 1 aromatic heterocycles. The molecule has 1 fully saturated rings. The Kier molecular flexibility index (Phi) is 3.45. The number of carbonyl (C=O) groups excluding carboxylic acids is 1. The molecule has 1 aromatic rings. The zero-order valence-corrected chi connectivity index (χ0v) is 9.54. The normalized spacial score (nSPS) is 20.4. The molecule has 2 rings (SSSR count). The molecule has 1 saturated heterocycles. The van der Waals surface area contributed by atoms with Crippen LogP contribution in [0.2, 0.25) is 0 Å². The Hall–Kier alpha value is -0.790. The van der Waals surface area contributed by atoms with Gasteiger partial charge in [0.05, 0.1) is 12.6 Å². The third kappa shape index (κ3) is 2.83. The predicted octanol–water partition coefficient (Wildman–Crippen LogP) is -0.285. The zero-order valence-electron chi connectivity index (χ0n) is 7.91. The summed E-state index contributed by atoms with van der Waals surface area (Å²) in [6.07, 6.45) is 0. The summed E-state index contributed by atoms with van der Waals surface area (Å²) >= 11 is 2.81. The Morgan fingerprint density at radius 1 is 1.67 bits per heavy atom. The summed E-state index contributed by atoms with van der Waals surface area (Å²) in [5.41, 5.74) is 0.754. The topological polar surface area (TPSA) is 74.0 Å². The molecular formula is C8H11N3O2S2. The third-order valence-corrected chi connectivity index (χ3v) is 3.72. The van der Waals surface area contributed by atoms with Gasteiger partial charge in [-0.15, -0.1) is 11.8 Å². The number of aromatic nitrogens is 1. The van der Waals surface area contributed by atoms with Crippen molar-refractivity contribution in [3.05, 3.63) is 20.7 Å². The molecule has 82 valence electrons. The van der Waals surface area contributed by atoms with Gasteiger partial charge in [-0.1, -0.05) is 11.3 Å². The minimum Gasteiger partial charge on any atom is -0.349 e. The molecule has 1 amide bonds. The van der Waals surface area contributed by atoms with E-state index < -0.39 is 0 Å². The largest absolute Gasteiger partial charge is 0.349 e. The van der Waals surface area contributed by atoms with Crippen LogP contribution in [0.5, 0.6) is 0 Å². The van der Waals surface area contributed by atoms with Gasteiger partial charge < -0.3 is 10.3 Å². The summed E-state index contributed by atoms with van der Waals surface area (Å²) < 4.78 is 0. The van der Waals surface area contributed by atoms with Gasteiger partial charge in [-0.25, -0.2) is 0 Å². The average Bonchev–Trinajstić information content (AvgIpc) is 2.84. The van der Waals surface area contributed by atoms with E-state index in [0.29, 0.717) is 6.54 Å². The van der Waals surface area contributed by atoms with Gasteiger partial charge in [0, 0.05) is 22.7 Å².